The number of fused-ring (bicyclic) bond motifs is 1. The number of benzene rings is 1. The molecule has 18 heavy (non-hydrogen) atoms. The Bertz CT molecular complexity index is 777. The van der Waals surface area contributed by atoms with Crippen LogP contribution in [0.5, 0.6) is 0 Å². The van der Waals surface area contributed by atoms with Gasteiger partial charge in [-0.15, -0.1) is 0 Å². The van der Waals surface area contributed by atoms with Crippen LogP contribution in [0.1, 0.15) is 11.1 Å². The van der Waals surface area contributed by atoms with Crippen LogP contribution in [-0.4, -0.2) is 9.91 Å². The smallest absolute Gasteiger partial charge is 0.296 e. The normalized spacial score (nSPS) is 10.6. The largest absolute Gasteiger partial charge is 0.318 e. The summed E-state index contributed by atoms with van der Waals surface area (Å²) in [5.74, 6) is 0. The van der Waals surface area contributed by atoms with Crippen LogP contribution in [0.25, 0.3) is 10.9 Å². The number of rotatable bonds is 1. The lowest BCUT2D eigenvalue weighted by Gasteiger charge is -2.03. The minimum absolute atomic E-state index is 0.0868. The lowest BCUT2D eigenvalue weighted by atomic mass is 10.0. The van der Waals surface area contributed by atoms with Crippen LogP contribution in [0.3, 0.4) is 0 Å². The Hall–Kier alpha value is -2.50. The number of hydrogen-bond donors (Lipinski definition) is 1. The summed E-state index contributed by atoms with van der Waals surface area (Å²) in [6.07, 6.45) is 0. The topological polar surface area (TPSA) is 93.1 Å². The van der Waals surface area contributed by atoms with Crippen LogP contribution in [0, 0.1) is 24.0 Å². The number of nitro groups is 1. The average molecular weight is 246 g/mol. The Morgan fingerprint density at radius 3 is 2.50 bits per heavy atom. The van der Waals surface area contributed by atoms with Gasteiger partial charge < -0.3 is 4.98 Å². The van der Waals surface area contributed by atoms with Crippen molar-refractivity contribution >= 4 is 16.6 Å². The Morgan fingerprint density at radius 1 is 1.22 bits per heavy atom. The van der Waals surface area contributed by atoms with E-state index in [0.717, 1.165) is 6.07 Å². The van der Waals surface area contributed by atoms with Crippen LogP contribution in [-0.2, 0) is 0 Å². The first-order chi connectivity index (χ1) is 8.41. The van der Waals surface area contributed by atoms with E-state index in [2.05, 4.69) is 4.98 Å². The molecule has 1 heterocycles. The number of nitrogens with zero attached hydrogens (tertiary/aromatic N) is 1. The molecule has 0 aliphatic heterocycles. The van der Waals surface area contributed by atoms with Gasteiger partial charge in [-0.1, -0.05) is 0 Å². The first-order valence-corrected chi connectivity index (χ1v) is 5.24. The molecular formula is C12H10N2O4. The number of nitrogens with one attached hydrogen (secondary N) is 1. The van der Waals surface area contributed by atoms with Crippen molar-refractivity contribution in [2.45, 2.75) is 13.8 Å². The molecule has 0 amide bonds. The van der Waals surface area contributed by atoms with Crippen LogP contribution in [0.4, 0.5) is 5.69 Å². The second-order valence-electron chi connectivity index (χ2n) is 4.04. The number of aryl methyl sites for hydroxylation is 1. The standard InChI is InChI=1S/C12H10N2O4/c1-6-5-9-8(11(7(6)2)14(17)18)3-4-10(15)12(16)13-9/h3-5H,1-2H3,(H,13,15,16). The van der Waals surface area contributed by atoms with Crippen molar-refractivity contribution in [3.63, 3.8) is 0 Å². The van der Waals surface area contributed by atoms with Gasteiger partial charge in [-0.2, -0.15) is 0 Å². The zero-order valence-corrected chi connectivity index (χ0v) is 9.81. The maximum atomic E-state index is 11.4. The van der Waals surface area contributed by atoms with Crippen molar-refractivity contribution in [2.75, 3.05) is 0 Å². The van der Waals surface area contributed by atoms with Crippen LogP contribution < -0.4 is 11.0 Å². The molecule has 2 rings (SSSR count). The van der Waals surface area contributed by atoms with E-state index >= 15 is 0 Å². The van der Waals surface area contributed by atoms with E-state index in [4.69, 9.17) is 0 Å². The van der Waals surface area contributed by atoms with Crippen molar-refractivity contribution < 1.29 is 4.92 Å². The lowest BCUT2D eigenvalue weighted by Crippen LogP contribution is -2.22. The summed E-state index contributed by atoms with van der Waals surface area (Å²) in [6.45, 7) is 3.35. The molecule has 0 saturated carbocycles. The van der Waals surface area contributed by atoms with Gasteiger partial charge in [0.05, 0.1) is 15.8 Å². The van der Waals surface area contributed by atoms with Crippen molar-refractivity contribution in [1.29, 1.82) is 0 Å². The predicted molar refractivity (Wildman–Crippen MR) is 67.0 cm³/mol. The molecule has 0 saturated heterocycles. The van der Waals surface area contributed by atoms with Gasteiger partial charge in [-0.05, 0) is 37.6 Å². The van der Waals surface area contributed by atoms with E-state index in [1.165, 1.54) is 6.07 Å². The third kappa shape index (κ3) is 1.77. The molecule has 0 radical (unpaired) electrons. The van der Waals surface area contributed by atoms with Gasteiger partial charge in [0.2, 0.25) is 5.43 Å². The van der Waals surface area contributed by atoms with Crippen molar-refractivity contribution in [3.05, 3.63) is 60.0 Å². The minimum atomic E-state index is -0.789. The number of nitro benzene ring substituents is 1. The van der Waals surface area contributed by atoms with Gasteiger partial charge in [0.25, 0.3) is 11.2 Å². The van der Waals surface area contributed by atoms with E-state index in [1.54, 1.807) is 19.9 Å². The molecule has 0 atom stereocenters. The fraction of sp³-hybridized carbons (Fsp3) is 0.167. The number of hydrogen-bond acceptors (Lipinski definition) is 4. The van der Waals surface area contributed by atoms with Gasteiger partial charge in [0, 0.05) is 5.56 Å². The molecular weight excluding hydrogens is 236 g/mol. The zero-order valence-electron chi connectivity index (χ0n) is 9.81. The fourth-order valence-electron chi connectivity index (χ4n) is 1.84. The Labute approximate surface area is 101 Å². The van der Waals surface area contributed by atoms with Gasteiger partial charge in [0.1, 0.15) is 0 Å². The number of H-pyrrole nitrogens is 1. The quantitative estimate of drug-likeness (QED) is 0.467. The lowest BCUT2D eigenvalue weighted by molar-refractivity contribution is -0.383. The fourth-order valence-corrected chi connectivity index (χ4v) is 1.84. The third-order valence-corrected chi connectivity index (χ3v) is 2.91. The monoisotopic (exact) mass is 246 g/mol. The zero-order chi connectivity index (χ0) is 13.4. The minimum Gasteiger partial charge on any atom is -0.318 e. The molecule has 0 aliphatic rings. The highest BCUT2D eigenvalue weighted by Crippen LogP contribution is 2.29. The Kier molecular flexibility index (Phi) is 2.70. The van der Waals surface area contributed by atoms with Gasteiger partial charge in [-0.25, -0.2) is 0 Å². The summed E-state index contributed by atoms with van der Waals surface area (Å²) in [5.41, 5.74) is -0.109. The summed E-state index contributed by atoms with van der Waals surface area (Å²) >= 11 is 0. The number of aromatic nitrogens is 1. The maximum absolute atomic E-state index is 11.4. The highest BCUT2D eigenvalue weighted by molar-refractivity contribution is 5.89. The Balaban J connectivity index is 3.13. The first-order valence-electron chi connectivity index (χ1n) is 5.24. The van der Waals surface area contributed by atoms with E-state index in [-0.39, 0.29) is 16.6 Å². The molecule has 1 N–H and O–H groups in total. The highest BCUT2D eigenvalue weighted by Gasteiger charge is 2.17. The average Bonchev–Trinajstić information content (AvgIpc) is 2.41. The summed E-state index contributed by atoms with van der Waals surface area (Å²) < 4.78 is 0. The number of aromatic amines is 1. The molecule has 6 heteroatoms. The highest BCUT2D eigenvalue weighted by atomic mass is 16.6. The molecule has 92 valence electrons. The third-order valence-electron chi connectivity index (χ3n) is 2.91. The van der Waals surface area contributed by atoms with Gasteiger partial charge >= 0.3 is 0 Å². The second kappa shape index (κ2) is 4.06. The first kappa shape index (κ1) is 12.0. The van der Waals surface area contributed by atoms with E-state index in [0.29, 0.717) is 11.1 Å². The summed E-state index contributed by atoms with van der Waals surface area (Å²) in [5, 5.41) is 11.3. The molecule has 1 aromatic heterocycles. The summed E-state index contributed by atoms with van der Waals surface area (Å²) in [4.78, 5) is 35.6. The second-order valence-corrected chi connectivity index (χ2v) is 4.04. The van der Waals surface area contributed by atoms with Crippen LogP contribution in [0.2, 0.25) is 0 Å². The molecule has 0 fully saturated rings. The van der Waals surface area contributed by atoms with Crippen LogP contribution in [0.15, 0.2) is 27.8 Å². The summed E-state index contributed by atoms with van der Waals surface area (Å²) in [7, 11) is 0. The molecule has 0 spiro atoms. The van der Waals surface area contributed by atoms with Crippen molar-refractivity contribution in [2.24, 2.45) is 0 Å². The summed E-state index contributed by atoms with van der Waals surface area (Å²) in [6, 6.07) is 3.97. The molecule has 0 bridgehead atoms. The molecule has 0 unspecified atom stereocenters. The van der Waals surface area contributed by atoms with E-state index in [1.807, 2.05) is 0 Å². The van der Waals surface area contributed by atoms with Crippen molar-refractivity contribution in [1.82, 2.24) is 4.98 Å². The predicted octanol–water partition coefficient (Wildman–Crippen LogP) is 1.41. The van der Waals surface area contributed by atoms with Crippen LogP contribution >= 0.6 is 0 Å². The SMILES string of the molecule is Cc1cc2[nH]c(=O)c(=O)ccc2c([N+](=O)[O-])c1C. The molecule has 0 aliphatic carbocycles. The van der Waals surface area contributed by atoms with E-state index in [9.17, 15) is 19.7 Å². The Morgan fingerprint density at radius 2 is 1.89 bits per heavy atom. The van der Waals surface area contributed by atoms with E-state index < -0.39 is 15.9 Å². The molecule has 6 nitrogen and oxygen atoms in total. The molecule has 2 aromatic rings. The van der Waals surface area contributed by atoms with Crippen molar-refractivity contribution in [3.8, 4) is 0 Å². The van der Waals surface area contributed by atoms with Gasteiger partial charge in [0.15, 0.2) is 0 Å². The molecule has 1 aromatic carbocycles. The maximum Gasteiger partial charge on any atom is 0.296 e. The van der Waals surface area contributed by atoms with Gasteiger partial charge in [-0.3, -0.25) is 19.7 Å².